The number of likely N-dealkylation sites (tertiary alicyclic amines) is 1. The molecule has 1 aliphatic rings. The number of thiophene rings is 1. The molecule has 3 heterocycles. The molecule has 0 saturated carbocycles. The molecule has 1 fully saturated rings. The highest BCUT2D eigenvalue weighted by atomic mass is 32.1. The van der Waals surface area contributed by atoms with Crippen LogP contribution in [0.1, 0.15) is 35.9 Å². The largest absolute Gasteiger partial charge is 0.497 e. The average molecular weight is 426 g/mol. The highest BCUT2D eigenvalue weighted by molar-refractivity contribution is 7.13. The molecule has 0 bridgehead atoms. The number of hydrogen-bond donors (Lipinski definition) is 1. The van der Waals surface area contributed by atoms with Crippen molar-refractivity contribution in [1.29, 1.82) is 0 Å². The van der Waals surface area contributed by atoms with E-state index in [0.29, 0.717) is 23.9 Å². The first kappa shape index (κ1) is 20.6. The van der Waals surface area contributed by atoms with Gasteiger partial charge in [0.05, 0.1) is 30.1 Å². The monoisotopic (exact) mass is 425 g/mol. The van der Waals surface area contributed by atoms with Crippen LogP contribution >= 0.6 is 11.3 Å². The molecule has 1 N–H and O–H groups in total. The molecule has 2 aromatic heterocycles. The van der Waals surface area contributed by atoms with E-state index >= 15 is 0 Å². The van der Waals surface area contributed by atoms with Gasteiger partial charge < -0.3 is 14.5 Å². The summed E-state index contributed by atoms with van der Waals surface area (Å²) < 4.78 is 11.2. The summed E-state index contributed by atoms with van der Waals surface area (Å²) in [6.07, 6.45) is 2.60. The van der Waals surface area contributed by atoms with E-state index in [1.165, 1.54) is 12.8 Å². The molecule has 1 amide bonds. The number of benzene rings is 1. The highest BCUT2D eigenvalue weighted by Crippen LogP contribution is 2.28. The first-order valence-electron chi connectivity index (χ1n) is 10.3. The predicted octanol–water partition coefficient (Wildman–Crippen LogP) is 4.22. The maximum Gasteiger partial charge on any atom is 0.236 e. The minimum Gasteiger partial charge on any atom is -0.497 e. The van der Waals surface area contributed by atoms with Gasteiger partial charge in [0.1, 0.15) is 11.5 Å². The Morgan fingerprint density at radius 2 is 2.13 bits per heavy atom. The zero-order valence-electron chi connectivity index (χ0n) is 17.4. The van der Waals surface area contributed by atoms with Crippen LogP contribution in [0.25, 0.3) is 10.8 Å². The third-order valence-electron chi connectivity index (χ3n) is 5.51. The Morgan fingerprint density at radius 3 is 2.87 bits per heavy atom. The van der Waals surface area contributed by atoms with Crippen LogP contribution in [0.3, 0.4) is 0 Å². The Labute approximate surface area is 180 Å². The average Bonchev–Trinajstić information content (AvgIpc) is 3.51. The second-order valence-electron chi connectivity index (χ2n) is 7.52. The lowest BCUT2D eigenvalue weighted by Crippen LogP contribution is -2.37. The van der Waals surface area contributed by atoms with Gasteiger partial charge in [-0.1, -0.05) is 18.2 Å². The molecule has 6 nitrogen and oxygen atoms in total. The minimum atomic E-state index is -0.0452. The molecular weight excluding hydrogens is 398 g/mol. The van der Waals surface area contributed by atoms with Crippen LogP contribution in [0.4, 0.5) is 0 Å². The highest BCUT2D eigenvalue weighted by Gasteiger charge is 2.25. The number of rotatable bonds is 8. The summed E-state index contributed by atoms with van der Waals surface area (Å²) in [6, 6.07) is 12.2. The van der Waals surface area contributed by atoms with E-state index in [9.17, 15) is 4.79 Å². The van der Waals surface area contributed by atoms with Gasteiger partial charge in [-0.3, -0.25) is 9.69 Å². The number of oxazole rings is 1. The van der Waals surface area contributed by atoms with Crippen molar-refractivity contribution in [2.45, 2.75) is 32.2 Å². The molecule has 1 aliphatic heterocycles. The maximum absolute atomic E-state index is 12.7. The molecule has 4 rings (SSSR count). The van der Waals surface area contributed by atoms with E-state index in [0.717, 1.165) is 29.3 Å². The molecule has 158 valence electrons. The van der Waals surface area contributed by atoms with Gasteiger partial charge in [0.15, 0.2) is 0 Å². The number of nitrogens with one attached hydrogen (secondary N) is 1. The van der Waals surface area contributed by atoms with E-state index in [4.69, 9.17) is 9.15 Å². The van der Waals surface area contributed by atoms with Crippen molar-refractivity contribution < 1.29 is 13.9 Å². The minimum absolute atomic E-state index is 0.0452. The number of carbonyl (C=O) groups excluding carboxylic acids is 1. The van der Waals surface area contributed by atoms with Crippen LogP contribution in [-0.4, -0.2) is 42.5 Å². The summed E-state index contributed by atoms with van der Waals surface area (Å²) in [5.74, 6) is 2.06. The van der Waals surface area contributed by atoms with Crippen molar-refractivity contribution in [2.75, 3.05) is 26.7 Å². The van der Waals surface area contributed by atoms with Gasteiger partial charge in [-0.15, -0.1) is 11.3 Å². The SMILES string of the molecule is COc1cccc(C(CNC(=O)Cc2nc(-c3cccs3)oc2C)N2CCCC2)c1. The maximum atomic E-state index is 12.7. The number of ether oxygens (including phenoxy) is 1. The fraction of sp³-hybridized carbons (Fsp3) is 0.391. The van der Waals surface area contributed by atoms with Crippen LogP contribution in [0.15, 0.2) is 46.2 Å². The number of aromatic nitrogens is 1. The second kappa shape index (κ2) is 9.45. The number of methoxy groups -OCH3 is 1. The third-order valence-corrected chi connectivity index (χ3v) is 6.36. The predicted molar refractivity (Wildman–Crippen MR) is 118 cm³/mol. The summed E-state index contributed by atoms with van der Waals surface area (Å²) in [4.78, 5) is 20.6. The first-order chi connectivity index (χ1) is 14.6. The van der Waals surface area contributed by atoms with E-state index in [-0.39, 0.29) is 18.4 Å². The van der Waals surface area contributed by atoms with Gasteiger partial charge in [-0.05, 0) is 62.0 Å². The van der Waals surface area contributed by atoms with Gasteiger partial charge >= 0.3 is 0 Å². The van der Waals surface area contributed by atoms with E-state index in [1.807, 2.05) is 36.6 Å². The number of hydrogen-bond acceptors (Lipinski definition) is 6. The molecule has 1 aromatic carbocycles. The molecule has 0 spiro atoms. The standard InChI is InChI=1S/C23H27N3O3S/c1-16-19(25-23(29-16)21-9-6-12-30-21)14-22(27)24-15-20(26-10-3-4-11-26)17-7-5-8-18(13-17)28-2/h5-9,12-13,20H,3-4,10-11,14-15H2,1-2H3,(H,24,27). The molecule has 1 unspecified atom stereocenters. The smallest absolute Gasteiger partial charge is 0.236 e. The lowest BCUT2D eigenvalue weighted by Gasteiger charge is -2.28. The van der Waals surface area contributed by atoms with Crippen LogP contribution in [-0.2, 0) is 11.2 Å². The summed E-state index contributed by atoms with van der Waals surface area (Å²) in [7, 11) is 1.68. The molecular formula is C23H27N3O3S. The van der Waals surface area contributed by atoms with Gasteiger partial charge in [0, 0.05) is 6.54 Å². The summed E-state index contributed by atoms with van der Waals surface area (Å²) in [6.45, 7) is 4.51. The lowest BCUT2D eigenvalue weighted by atomic mass is 10.0. The summed E-state index contributed by atoms with van der Waals surface area (Å²) >= 11 is 1.57. The lowest BCUT2D eigenvalue weighted by molar-refractivity contribution is -0.120. The van der Waals surface area contributed by atoms with Crippen molar-refractivity contribution in [3.05, 3.63) is 58.8 Å². The molecule has 7 heteroatoms. The van der Waals surface area contributed by atoms with Crippen molar-refractivity contribution in [3.8, 4) is 16.5 Å². The molecule has 1 atom stereocenters. The summed E-state index contributed by atoms with van der Waals surface area (Å²) in [5.41, 5.74) is 1.85. The Balaban J connectivity index is 1.42. The summed E-state index contributed by atoms with van der Waals surface area (Å²) in [5, 5.41) is 5.10. The molecule has 0 radical (unpaired) electrons. The Bertz CT molecular complexity index is 978. The van der Waals surface area contributed by atoms with Crippen LogP contribution in [0.5, 0.6) is 5.75 Å². The van der Waals surface area contributed by atoms with Gasteiger partial charge in [0.25, 0.3) is 0 Å². The van der Waals surface area contributed by atoms with Crippen LogP contribution < -0.4 is 10.1 Å². The third kappa shape index (κ3) is 4.74. The number of carbonyl (C=O) groups is 1. The Kier molecular flexibility index (Phi) is 6.50. The van der Waals surface area contributed by atoms with E-state index in [2.05, 4.69) is 27.3 Å². The molecule has 3 aromatic rings. The fourth-order valence-electron chi connectivity index (χ4n) is 3.88. The topological polar surface area (TPSA) is 67.6 Å². The van der Waals surface area contributed by atoms with Crippen LogP contribution in [0, 0.1) is 6.92 Å². The molecule has 1 saturated heterocycles. The zero-order valence-corrected chi connectivity index (χ0v) is 18.2. The number of nitrogens with zero attached hydrogens (tertiary/aromatic N) is 2. The van der Waals surface area contributed by atoms with Crippen molar-refractivity contribution in [2.24, 2.45) is 0 Å². The van der Waals surface area contributed by atoms with Gasteiger partial charge in [-0.2, -0.15) is 0 Å². The normalized spacial score (nSPS) is 15.3. The molecule has 0 aliphatic carbocycles. The zero-order chi connectivity index (χ0) is 20.9. The second-order valence-corrected chi connectivity index (χ2v) is 8.46. The Morgan fingerprint density at radius 1 is 1.30 bits per heavy atom. The van der Waals surface area contributed by atoms with Gasteiger partial charge in [0.2, 0.25) is 11.8 Å². The Hall–Kier alpha value is -2.64. The number of amides is 1. The van der Waals surface area contributed by atoms with E-state index in [1.54, 1.807) is 18.4 Å². The van der Waals surface area contributed by atoms with Crippen molar-refractivity contribution in [3.63, 3.8) is 0 Å². The quantitative estimate of drug-likeness (QED) is 0.585. The number of aryl methyl sites for hydroxylation is 1. The van der Waals surface area contributed by atoms with Crippen LogP contribution in [0.2, 0.25) is 0 Å². The molecule has 30 heavy (non-hydrogen) atoms. The van der Waals surface area contributed by atoms with Gasteiger partial charge in [-0.25, -0.2) is 4.98 Å². The fourth-order valence-corrected chi connectivity index (χ4v) is 4.53. The van der Waals surface area contributed by atoms with Crippen molar-refractivity contribution >= 4 is 17.2 Å². The van der Waals surface area contributed by atoms with E-state index < -0.39 is 0 Å². The van der Waals surface area contributed by atoms with Crippen molar-refractivity contribution in [1.82, 2.24) is 15.2 Å². The first-order valence-corrected chi connectivity index (χ1v) is 11.2.